The zero-order chi connectivity index (χ0) is 7.40. The Bertz CT molecular complexity index is 221. The van der Waals surface area contributed by atoms with Crippen molar-refractivity contribution >= 4 is 17.7 Å². The van der Waals surface area contributed by atoms with E-state index in [0.29, 0.717) is 0 Å². The molecule has 1 aromatic carbocycles. The van der Waals surface area contributed by atoms with Crippen molar-refractivity contribution < 1.29 is 0 Å². The molecule has 0 nitrogen and oxygen atoms in total. The van der Waals surface area contributed by atoms with Crippen LogP contribution >= 0.6 is 11.6 Å². The third-order valence-corrected chi connectivity index (χ3v) is 1.48. The highest BCUT2D eigenvalue weighted by molar-refractivity contribution is 6.30. The van der Waals surface area contributed by atoms with Gasteiger partial charge in [-0.15, -0.1) is 0 Å². The van der Waals surface area contributed by atoms with Gasteiger partial charge in [0, 0.05) is 5.02 Å². The summed E-state index contributed by atoms with van der Waals surface area (Å²) in [5.74, 6) is 0. The summed E-state index contributed by atoms with van der Waals surface area (Å²) >= 11 is 5.69. The Morgan fingerprint density at radius 1 is 1.20 bits per heavy atom. The highest BCUT2D eigenvalue weighted by Crippen LogP contribution is 2.10. The van der Waals surface area contributed by atoms with Gasteiger partial charge in [-0.2, -0.15) is 0 Å². The zero-order valence-electron chi connectivity index (χ0n) is 5.84. The quantitative estimate of drug-likeness (QED) is 0.579. The van der Waals surface area contributed by atoms with Crippen molar-refractivity contribution in [3.05, 3.63) is 40.9 Å². The van der Waals surface area contributed by atoms with Crippen molar-refractivity contribution in [1.29, 1.82) is 0 Å². The molecule has 0 aliphatic rings. The molecule has 0 bridgehead atoms. The first kappa shape index (κ1) is 7.36. The minimum atomic E-state index is 0.785. The van der Waals surface area contributed by atoms with E-state index in [2.05, 4.69) is 0 Å². The Hall–Kier alpha value is -0.750. The molecule has 0 amide bonds. The van der Waals surface area contributed by atoms with E-state index >= 15 is 0 Å². The van der Waals surface area contributed by atoms with Gasteiger partial charge in [-0.05, 0) is 24.6 Å². The van der Waals surface area contributed by atoms with Gasteiger partial charge in [-0.25, -0.2) is 0 Å². The topological polar surface area (TPSA) is 0 Å². The average molecular weight is 153 g/mol. The summed E-state index contributed by atoms with van der Waals surface area (Å²) in [6, 6.07) is 7.75. The maximum absolute atomic E-state index is 5.69. The third-order valence-electron chi connectivity index (χ3n) is 1.23. The standard InChI is InChI=1S/C9H9Cl/c1-2-3-8-4-6-9(10)7-5-8/h2-7H,1H3/b3-2-. The van der Waals surface area contributed by atoms with Crippen molar-refractivity contribution in [3.63, 3.8) is 0 Å². The molecule has 0 heterocycles. The predicted molar refractivity (Wildman–Crippen MR) is 46.2 cm³/mol. The summed E-state index contributed by atoms with van der Waals surface area (Å²) in [6.45, 7) is 1.99. The summed E-state index contributed by atoms with van der Waals surface area (Å²) in [4.78, 5) is 0. The number of allylic oxidation sites excluding steroid dienone is 1. The molecule has 0 fully saturated rings. The molecule has 1 rings (SSSR count). The molecule has 52 valence electrons. The van der Waals surface area contributed by atoms with Crippen LogP contribution in [0.3, 0.4) is 0 Å². The fourth-order valence-electron chi connectivity index (χ4n) is 0.766. The molecular weight excluding hydrogens is 144 g/mol. The molecule has 1 heteroatoms. The lowest BCUT2D eigenvalue weighted by Crippen LogP contribution is -1.68. The Morgan fingerprint density at radius 2 is 1.80 bits per heavy atom. The van der Waals surface area contributed by atoms with Gasteiger partial charge in [0.2, 0.25) is 0 Å². The van der Waals surface area contributed by atoms with Gasteiger partial charge >= 0.3 is 0 Å². The molecule has 0 spiro atoms. The van der Waals surface area contributed by atoms with Crippen molar-refractivity contribution in [2.45, 2.75) is 6.92 Å². The SMILES string of the molecule is C/C=C\c1ccc(Cl)cc1. The second kappa shape index (κ2) is 3.43. The van der Waals surface area contributed by atoms with Gasteiger partial charge in [0.15, 0.2) is 0 Å². The first-order valence-electron chi connectivity index (χ1n) is 3.21. The van der Waals surface area contributed by atoms with Crippen LogP contribution < -0.4 is 0 Å². The van der Waals surface area contributed by atoms with E-state index in [1.165, 1.54) is 5.56 Å². The molecule has 0 saturated heterocycles. The third kappa shape index (κ3) is 1.89. The van der Waals surface area contributed by atoms with E-state index in [-0.39, 0.29) is 0 Å². The summed E-state index contributed by atoms with van der Waals surface area (Å²) < 4.78 is 0. The first-order chi connectivity index (χ1) is 4.83. The van der Waals surface area contributed by atoms with Gasteiger partial charge in [0.05, 0.1) is 0 Å². The van der Waals surface area contributed by atoms with Crippen LogP contribution in [0.25, 0.3) is 6.08 Å². The van der Waals surface area contributed by atoms with Crippen LogP contribution in [-0.2, 0) is 0 Å². The van der Waals surface area contributed by atoms with Gasteiger partial charge in [-0.1, -0.05) is 35.9 Å². The smallest absolute Gasteiger partial charge is 0.0406 e. The Kier molecular flexibility index (Phi) is 2.52. The van der Waals surface area contributed by atoms with Crippen molar-refractivity contribution in [2.75, 3.05) is 0 Å². The van der Waals surface area contributed by atoms with Crippen molar-refractivity contribution in [1.82, 2.24) is 0 Å². The van der Waals surface area contributed by atoms with Crippen LogP contribution in [0.4, 0.5) is 0 Å². The molecule has 0 radical (unpaired) electrons. The number of rotatable bonds is 1. The van der Waals surface area contributed by atoms with Crippen LogP contribution in [0.15, 0.2) is 30.3 Å². The molecule has 0 unspecified atom stereocenters. The van der Waals surface area contributed by atoms with Crippen molar-refractivity contribution in [2.24, 2.45) is 0 Å². The van der Waals surface area contributed by atoms with Crippen LogP contribution in [0, 0.1) is 0 Å². The maximum Gasteiger partial charge on any atom is 0.0406 e. The number of benzene rings is 1. The lowest BCUT2D eigenvalue weighted by Gasteiger charge is -1.90. The van der Waals surface area contributed by atoms with E-state index in [0.717, 1.165) is 5.02 Å². The van der Waals surface area contributed by atoms with Crippen LogP contribution in [0.1, 0.15) is 12.5 Å². The number of hydrogen-bond donors (Lipinski definition) is 0. The van der Waals surface area contributed by atoms with Gasteiger partial charge < -0.3 is 0 Å². The van der Waals surface area contributed by atoms with Gasteiger partial charge in [0.1, 0.15) is 0 Å². The normalized spacial score (nSPS) is 10.6. The Morgan fingerprint density at radius 3 is 2.30 bits per heavy atom. The summed E-state index contributed by atoms with van der Waals surface area (Å²) in [5, 5.41) is 0.785. The van der Waals surface area contributed by atoms with E-state index in [9.17, 15) is 0 Å². The fraction of sp³-hybridized carbons (Fsp3) is 0.111. The highest BCUT2D eigenvalue weighted by atomic mass is 35.5. The Labute approximate surface area is 66.1 Å². The largest absolute Gasteiger partial charge is 0.0871 e. The molecule has 0 saturated carbocycles. The Balaban J connectivity index is 2.89. The van der Waals surface area contributed by atoms with E-state index < -0.39 is 0 Å². The molecule has 0 atom stereocenters. The minimum absolute atomic E-state index is 0.785. The van der Waals surface area contributed by atoms with Crippen molar-refractivity contribution in [3.8, 4) is 0 Å². The maximum atomic E-state index is 5.69. The fourth-order valence-corrected chi connectivity index (χ4v) is 0.892. The summed E-state index contributed by atoms with van der Waals surface area (Å²) in [6.07, 6.45) is 4.04. The molecule has 0 N–H and O–H groups in total. The lowest BCUT2D eigenvalue weighted by molar-refractivity contribution is 1.64. The first-order valence-corrected chi connectivity index (χ1v) is 3.59. The van der Waals surface area contributed by atoms with Crippen LogP contribution in [0.2, 0.25) is 5.02 Å². The van der Waals surface area contributed by atoms with Gasteiger partial charge in [0.25, 0.3) is 0 Å². The average Bonchev–Trinajstić information content (AvgIpc) is 1.95. The molecule has 0 aliphatic carbocycles. The number of halogens is 1. The van der Waals surface area contributed by atoms with Crippen LogP contribution in [-0.4, -0.2) is 0 Å². The van der Waals surface area contributed by atoms with E-state index in [1.54, 1.807) is 0 Å². The second-order valence-corrected chi connectivity index (χ2v) is 2.49. The molecule has 1 aromatic rings. The van der Waals surface area contributed by atoms with E-state index in [1.807, 2.05) is 43.3 Å². The zero-order valence-corrected chi connectivity index (χ0v) is 6.60. The molecule has 10 heavy (non-hydrogen) atoms. The predicted octanol–water partition coefficient (Wildman–Crippen LogP) is 3.37. The van der Waals surface area contributed by atoms with E-state index in [4.69, 9.17) is 11.6 Å². The monoisotopic (exact) mass is 152 g/mol. The number of hydrogen-bond acceptors (Lipinski definition) is 0. The second-order valence-electron chi connectivity index (χ2n) is 2.05. The molecule has 0 aliphatic heterocycles. The molecular formula is C9H9Cl. The lowest BCUT2D eigenvalue weighted by atomic mass is 10.2. The molecule has 0 aromatic heterocycles. The van der Waals surface area contributed by atoms with Crippen LogP contribution in [0.5, 0.6) is 0 Å². The highest BCUT2D eigenvalue weighted by Gasteiger charge is 1.84. The summed E-state index contributed by atoms with van der Waals surface area (Å²) in [5.41, 5.74) is 1.19. The van der Waals surface area contributed by atoms with Gasteiger partial charge in [-0.3, -0.25) is 0 Å². The summed E-state index contributed by atoms with van der Waals surface area (Å²) in [7, 11) is 0. The minimum Gasteiger partial charge on any atom is -0.0871 e.